The second-order valence-electron chi connectivity index (χ2n) is 6.61. The molecule has 1 unspecified atom stereocenters. The molecule has 1 aliphatic rings. The Morgan fingerprint density at radius 1 is 1.44 bits per heavy atom. The van der Waals surface area contributed by atoms with Crippen molar-refractivity contribution in [3.05, 3.63) is 29.4 Å². The minimum atomic E-state index is -5.08. The number of aryl methyl sites for hydroxylation is 1. The zero-order valence-electron chi connectivity index (χ0n) is 17.0. The van der Waals surface area contributed by atoms with Crippen LogP contribution in [-0.4, -0.2) is 58.8 Å². The molecule has 0 bridgehead atoms. The lowest BCUT2D eigenvalue weighted by molar-refractivity contribution is -0.192. The van der Waals surface area contributed by atoms with Gasteiger partial charge < -0.3 is 25.6 Å². The number of ether oxygens (including phenoxy) is 2. The average Bonchev–Trinajstić information content (AvgIpc) is 3.37. The maximum absolute atomic E-state index is 12.3. The fourth-order valence-electron chi connectivity index (χ4n) is 2.81. The highest BCUT2D eigenvalue weighted by molar-refractivity contribution is 6.33. The lowest BCUT2D eigenvalue weighted by Gasteiger charge is -2.15. The Morgan fingerprint density at radius 3 is 2.62 bits per heavy atom. The molecule has 4 N–H and O–H groups in total. The number of carbonyl (C=O) groups excluding carboxylic acids is 1. The van der Waals surface area contributed by atoms with Crippen LogP contribution in [0.5, 0.6) is 5.75 Å². The molecule has 0 radical (unpaired) electrons. The van der Waals surface area contributed by atoms with Crippen LogP contribution in [0.25, 0.3) is 11.3 Å². The van der Waals surface area contributed by atoms with Crippen LogP contribution in [0.15, 0.2) is 24.4 Å². The zero-order valence-corrected chi connectivity index (χ0v) is 17.7. The summed E-state index contributed by atoms with van der Waals surface area (Å²) >= 11 is 6.28. The number of nitrogens with one attached hydrogen (secondary N) is 1. The summed E-state index contributed by atoms with van der Waals surface area (Å²) in [7, 11) is 1.80. The molecule has 1 aliphatic heterocycles. The maximum Gasteiger partial charge on any atom is 0.490 e. The van der Waals surface area contributed by atoms with Crippen molar-refractivity contribution >= 4 is 29.2 Å². The van der Waals surface area contributed by atoms with Crippen molar-refractivity contribution < 1.29 is 37.3 Å². The normalized spacial score (nSPS) is 15.6. The van der Waals surface area contributed by atoms with E-state index >= 15 is 0 Å². The Kier molecular flexibility index (Phi) is 8.87. The molecule has 32 heavy (non-hydrogen) atoms. The summed E-state index contributed by atoms with van der Waals surface area (Å²) in [5.74, 6) is -2.27. The molecule has 1 saturated heterocycles. The number of hydrogen-bond donors (Lipinski definition) is 3. The third-order valence-electron chi connectivity index (χ3n) is 4.24. The summed E-state index contributed by atoms with van der Waals surface area (Å²) in [6.45, 7) is 1.40. The van der Waals surface area contributed by atoms with Crippen molar-refractivity contribution in [1.29, 1.82) is 0 Å². The van der Waals surface area contributed by atoms with Gasteiger partial charge in [0.15, 0.2) is 0 Å². The summed E-state index contributed by atoms with van der Waals surface area (Å²) in [5, 5.41) is 14.7. The van der Waals surface area contributed by atoms with Gasteiger partial charge in [-0.05, 0) is 31.0 Å². The van der Waals surface area contributed by atoms with E-state index in [0.29, 0.717) is 41.9 Å². The van der Waals surface area contributed by atoms with Crippen LogP contribution in [0.4, 0.5) is 18.9 Å². The number of alkyl halides is 3. The fourth-order valence-corrected chi connectivity index (χ4v) is 3.08. The molecule has 1 aromatic heterocycles. The first-order valence-corrected chi connectivity index (χ1v) is 9.79. The van der Waals surface area contributed by atoms with Gasteiger partial charge >= 0.3 is 12.1 Å². The van der Waals surface area contributed by atoms with Gasteiger partial charge in [-0.1, -0.05) is 11.6 Å². The molecule has 1 aromatic carbocycles. The smallest absolute Gasteiger partial charge is 0.490 e. The van der Waals surface area contributed by atoms with Crippen molar-refractivity contribution in [2.45, 2.75) is 25.1 Å². The van der Waals surface area contributed by atoms with E-state index in [4.69, 9.17) is 36.7 Å². The predicted octanol–water partition coefficient (Wildman–Crippen LogP) is 2.83. The van der Waals surface area contributed by atoms with Gasteiger partial charge in [-0.3, -0.25) is 9.48 Å². The minimum absolute atomic E-state index is 0.143. The number of hydrogen-bond acceptors (Lipinski definition) is 6. The molecule has 9 nitrogen and oxygen atoms in total. The number of carboxylic acids is 1. The SMILES string of the molecule is Cn1ncc(Cl)c1-c1cc(NC(=O)C2CCCO2)ccc1OCCN.O=C(O)C(F)(F)F. The molecule has 3 rings (SSSR count). The van der Waals surface area contributed by atoms with Crippen molar-refractivity contribution in [3.8, 4) is 17.0 Å². The molecular weight excluding hydrogens is 457 g/mol. The number of benzene rings is 1. The van der Waals surface area contributed by atoms with E-state index in [-0.39, 0.29) is 5.91 Å². The quantitative estimate of drug-likeness (QED) is 0.582. The number of nitrogens with zero attached hydrogens (tertiary/aromatic N) is 2. The first kappa shape index (κ1) is 25.4. The first-order chi connectivity index (χ1) is 15.0. The van der Waals surface area contributed by atoms with Crippen LogP contribution in [0, 0.1) is 0 Å². The predicted molar refractivity (Wildman–Crippen MR) is 109 cm³/mol. The molecule has 13 heteroatoms. The topological polar surface area (TPSA) is 129 Å². The van der Waals surface area contributed by atoms with Crippen LogP contribution in [0.2, 0.25) is 5.02 Å². The molecule has 0 spiro atoms. The van der Waals surface area contributed by atoms with Gasteiger partial charge in [0.25, 0.3) is 5.91 Å². The molecule has 2 heterocycles. The highest BCUT2D eigenvalue weighted by Crippen LogP contribution is 2.36. The number of amides is 1. The second-order valence-corrected chi connectivity index (χ2v) is 7.01. The monoisotopic (exact) mass is 478 g/mol. The Hall–Kier alpha value is -2.83. The highest BCUT2D eigenvalue weighted by atomic mass is 35.5. The van der Waals surface area contributed by atoms with Crippen molar-refractivity contribution in [1.82, 2.24) is 9.78 Å². The number of aliphatic carboxylic acids is 1. The summed E-state index contributed by atoms with van der Waals surface area (Å²) in [4.78, 5) is 21.2. The Morgan fingerprint density at radius 2 is 2.12 bits per heavy atom. The van der Waals surface area contributed by atoms with Gasteiger partial charge in [0, 0.05) is 31.5 Å². The van der Waals surface area contributed by atoms with Crippen molar-refractivity contribution in [2.75, 3.05) is 25.1 Å². The van der Waals surface area contributed by atoms with Gasteiger partial charge in [0.05, 0.1) is 16.9 Å². The number of aromatic nitrogens is 2. The number of nitrogens with two attached hydrogens (primary N) is 1. The fraction of sp³-hybridized carbons (Fsp3) is 0.421. The van der Waals surface area contributed by atoms with E-state index in [9.17, 15) is 18.0 Å². The third-order valence-corrected chi connectivity index (χ3v) is 4.51. The molecule has 1 fully saturated rings. The Balaban J connectivity index is 0.000000451. The number of rotatable bonds is 6. The van der Waals surface area contributed by atoms with Crippen LogP contribution in [0.1, 0.15) is 12.8 Å². The summed E-state index contributed by atoms with van der Waals surface area (Å²) in [5.41, 5.74) is 7.63. The zero-order chi connectivity index (χ0) is 23.9. The van der Waals surface area contributed by atoms with Crippen molar-refractivity contribution in [2.24, 2.45) is 12.8 Å². The maximum atomic E-state index is 12.3. The van der Waals surface area contributed by atoms with Crippen molar-refractivity contribution in [3.63, 3.8) is 0 Å². The van der Waals surface area contributed by atoms with Gasteiger partial charge in [0.2, 0.25) is 0 Å². The van der Waals surface area contributed by atoms with E-state index in [0.717, 1.165) is 18.4 Å². The molecule has 176 valence electrons. The second kappa shape index (κ2) is 11.2. The summed E-state index contributed by atoms with van der Waals surface area (Å²) in [6.07, 6.45) is -2.26. The van der Waals surface area contributed by atoms with Gasteiger partial charge in [-0.25, -0.2) is 4.79 Å². The van der Waals surface area contributed by atoms with Crippen LogP contribution < -0.4 is 15.8 Å². The third kappa shape index (κ3) is 6.84. The van der Waals surface area contributed by atoms with E-state index in [2.05, 4.69) is 10.4 Å². The molecule has 1 atom stereocenters. The van der Waals surface area contributed by atoms with E-state index < -0.39 is 18.2 Å². The number of halogens is 4. The number of carboxylic acid groups (broad SMARTS) is 1. The van der Waals surface area contributed by atoms with E-state index in [1.807, 2.05) is 6.07 Å². The number of carbonyl (C=O) groups is 2. The largest absolute Gasteiger partial charge is 0.492 e. The van der Waals surface area contributed by atoms with Gasteiger partial charge in [-0.15, -0.1) is 0 Å². The lowest BCUT2D eigenvalue weighted by Crippen LogP contribution is -2.26. The summed E-state index contributed by atoms with van der Waals surface area (Å²) in [6, 6.07) is 5.40. The summed E-state index contributed by atoms with van der Waals surface area (Å²) < 4.78 is 44.5. The molecular formula is C19H22ClF3N4O5. The molecule has 0 saturated carbocycles. The standard InChI is InChI=1S/C17H21ClN4O3.C2HF3O2/c1-22-16(13(18)10-20-22)12-9-11(4-5-14(12)25-8-6-19)21-17(23)15-3-2-7-24-15;3-2(4,5)1(6)7/h4-5,9-10,15H,2-3,6-8,19H2,1H3,(H,21,23);(H,6,7). The van der Waals surface area contributed by atoms with Gasteiger partial charge in [-0.2, -0.15) is 18.3 Å². The molecule has 0 aliphatic carbocycles. The first-order valence-electron chi connectivity index (χ1n) is 9.42. The Labute approximate surface area is 186 Å². The number of anilines is 1. The highest BCUT2D eigenvalue weighted by Gasteiger charge is 2.38. The molecule has 1 amide bonds. The minimum Gasteiger partial charge on any atom is -0.492 e. The lowest BCUT2D eigenvalue weighted by atomic mass is 10.1. The van der Waals surface area contributed by atoms with Crippen LogP contribution in [-0.2, 0) is 21.4 Å². The van der Waals surface area contributed by atoms with E-state index in [1.54, 1.807) is 30.1 Å². The average molecular weight is 479 g/mol. The Bertz CT molecular complexity index is 926. The van der Waals surface area contributed by atoms with E-state index in [1.165, 1.54) is 0 Å². The van der Waals surface area contributed by atoms with Crippen LogP contribution in [0.3, 0.4) is 0 Å². The van der Waals surface area contributed by atoms with Crippen LogP contribution >= 0.6 is 11.6 Å². The van der Waals surface area contributed by atoms with Gasteiger partial charge in [0.1, 0.15) is 18.5 Å². The molecule has 2 aromatic rings.